The summed E-state index contributed by atoms with van der Waals surface area (Å²) in [4.78, 5) is 13.4. The van der Waals surface area contributed by atoms with Gasteiger partial charge in [-0.2, -0.15) is 0 Å². The summed E-state index contributed by atoms with van der Waals surface area (Å²) < 4.78 is 20.0. The summed E-state index contributed by atoms with van der Waals surface area (Å²) in [5, 5.41) is 3.61. The van der Waals surface area contributed by atoms with Gasteiger partial charge in [0.2, 0.25) is 0 Å². The number of hydrogen-bond donors (Lipinski definition) is 1. The van der Waals surface area contributed by atoms with Crippen molar-refractivity contribution in [3.05, 3.63) is 22.7 Å². The molecule has 0 fully saturated rings. The van der Waals surface area contributed by atoms with Crippen molar-refractivity contribution < 1.29 is 18.7 Å². The van der Waals surface area contributed by atoms with Crippen molar-refractivity contribution in [1.82, 2.24) is 10.1 Å². The van der Waals surface area contributed by atoms with Crippen LogP contribution in [0.1, 0.15) is 0 Å². The zero-order valence-electron chi connectivity index (χ0n) is 10.1. The van der Waals surface area contributed by atoms with E-state index >= 15 is 0 Å². The lowest BCUT2D eigenvalue weighted by molar-refractivity contribution is 0.349. The monoisotopic (exact) mass is 252 g/mol. The van der Waals surface area contributed by atoms with Crippen LogP contribution in [0.15, 0.2) is 21.5 Å². The Labute approximate surface area is 102 Å². The highest BCUT2D eigenvalue weighted by molar-refractivity contribution is 5.69. The van der Waals surface area contributed by atoms with E-state index in [1.165, 1.54) is 21.3 Å². The fraction of sp³-hybridized carbons (Fsp3) is 0.273. The van der Waals surface area contributed by atoms with Crippen molar-refractivity contribution >= 4 is 0 Å². The molecule has 0 atom stereocenters. The molecule has 0 aliphatic heterocycles. The molecule has 1 aromatic carbocycles. The lowest BCUT2D eigenvalue weighted by atomic mass is 10.1. The van der Waals surface area contributed by atoms with Crippen molar-refractivity contribution in [3.63, 3.8) is 0 Å². The maximum absolute atomic E-state index is 11.0. The number of aromatic amines is 1. The molecular weight excluding hydrogens is 240 g/mol. The van der Waals surface area contributed by atoms with Crippen LogP contribution in [0.5, 0.6) is 17.2 Å². The Morgan fingerprint density at radius 3 is 2.17 bits per heavy atom. The Bertz CT molecular complexity index is 602. The van der Waals surface area contributed by atoms with E-state index in [1.807, 2.05) is 0 Å². The van der Waals surface area contributed by atoms with Gasteiger partial charge in [-0.15, -0.1) is 0 Å². The van der Waals surface area contributed by atoms with Gasteiger partial charge in [0.1, 0.15) is 5.75 Å². The smallest absolute Gasteiger partial charge is 0.439 e. The minimum Gasteiger partial charge on any atom is -0.496 e. The van der Waals surface area contributed by atoms with Gasteiger partial charge in [0.05, 0.1) is 26.9 Å². The normalized spacial score (nSPS) is 10.2. The number of nitrogens with zero attached hydrogens (tertiary/aromatic N) is 1. The van der Waals surface area contributed by atoms with E-state index in [1.54, 1.807) is 12.1 Å². The molecule has 0 spiro atoms. The zero-order chi connectivity index (χ0) is 13.1. The average Bonchev–Trinajstić information content (AvgIpc) is 2.83. The number of nitrogens with one attached hydrogen (secondary N) is 1. The lowest BCUT2D eigenvalue weighted by Gasteiger charge is -2.12. The van der Waals surface area contributed by atoms with Gasteiger partial charge in [-0.25, -0.2) is 4.79 Å². The molecule has 1 N–H and O–H groups in total. The molecule has 7 nitrogen and oxygen atoms in total. The van der Waals surface area contributed by atoms with Gasteiger partial charge >= 0.3 is 5.76 Å². The van der Waals surface area contributed by atoms with Crippen molar-refractivity contribution in [3.8, 4) is 28.6 Å². The van der Waals surface area contributed by atoms with Crippen molar-refractivity contribution in [2.24, 2.45) is 0 Å². The number of methoxy groups -OCH3 is 3. The Morgan fingerprint density at radius 1 is 1.06 bits per heavy atom. The van der Waals surface area contributed by atoms with Crippen molar-refractivity contribution in [2.75, 3.05) is 21.3 Å². The van der Waals surface area contributed by atoms with E-state index in [2.05, 4.69) is 14.7 Å². The maximum atomic E-state index is 11.0. The summed E-state index contributed by atoms with van der Waals surface area (Å²) in [6.07, 6.45) is 0. The Balaban J connectivity index is 2.62. The number of hydrogen-bond acceptors (Lipinski definition) is 6. The molecule has 0 radical (unpaired) electrons. The van der Waals surface area contributed by atoms with Crippen LogP contribution in [0, 0.1) is 0 Å². The van der Waals surface area contributed by atoms with E-state index in [0.29, 0.717) is 22.8 Å². The molecule has 0 unspecified atom stereocenters. The topological polar surface area (TPSA) is 86.6 Å². The van der Waals surface area contributed by atoms with Gasteiger partial charge < -0.3 is 14.2 Å². The van der Waals surface area contributed by atoms with Gasteiger partial charge in [0.25, 0.3) is 0 Å². The first-order valence-corrected chi connectivity index (χ1v) is 5.06. The molecule has 2 rings (SSSR count). The number of H-pyrrole nitrogens is 1. The fourth-order valence-corrected chi connectivity index (χ4v) is 1.56. The third kappa shape index (κ3) is 2.02. The second-order valence-electron chi connectivity index (χ2n) is 3.35. The minimum absolute atomic E-state index is 0.262. The van der Waals surface area contributed by atoms with Crippen LogP contribution in [-0.4, -0.2) is 31.5 Å². The molecule has 96 valence electrons. The molecule has 0 saturated carbocycles. The summed E-state index contributed by atoms with van der Waals surface area (Å²) in [6.45, 7) is 0. The number of benzene rings is 1. The minimum atomic E-state index is -0.637. The molecule has 18 heavy (non-hydrogen) atoms. The van der Waals surface area contributed by atoms with Crippen molar-refractivity contribution in [1.29, 1.82) is 0 Å². The molecule has 7 heteroatoms. The Morgan fingerprint density at radius 2 is 1.67 bits per heavy atom. The van der Waals surface area contributed by atoms with Crippen LogP contribution in [0.25, 0.3) is 11.4 Å². The highest BCUT2D eigenvalue weighted by Gasteiger charge is 2.16. The predicted molar refractivity (Wildman–Crippen MR) is 62.2 cm³/mol. The molecule has 0 bridgehead atoms. The molecule has 0 amide bonds. The van der Waals surface area contributed by atoms with E-state index in [-0.39, 0.29) is 5.82 Å². The van der Waals surface area contributed by atoms with Crippen LogP contribution in [0.4, 0.5) is 0 Å². The van der Waals surface area contributed by atoms with Crippen LogP contribution < -0.4 is 20.0 Å². The molecule has 1 heterocycles. The summed E-state index contributed by atoms with van der Waals surface area (Å²) in [5.41, 5.74) is 0.543. The third-order valence-electron chi connectivity index (χ3n) is 2.40. The Hall–Kier alpha value is -2.44. The fourth-order valence-electron chi connectivity index (χ4n) is 1.56. The van der Waals surface area contributed by atoms with Crippen LogP contribution >= 0.6 is 0 Å². The number of rotatable bonds is 4. The second kappa shape index (κ2) is 4.82. The SMILES string of the molecule is COc1cc(OC)c(-c2noc(=O)[nH]2)cc1OC. The lowest BCUT2D eigenvalue weighted by Crippen LogP contribution is -1.98. The average molecular weight is 252 g/mol. The highest BCUT2D eigenvalue weighted by Crippen LogP contribution is 2.38. The molecule has 0 aliphatic carbocycles. The van der Waals surface area contributed by atoms with Gasteiger partial charge in [0.15, 0.2) is 17.3 Å². The van der Waals surface area contributed by atoms with Crippen LogP contribution in [-0.2, 0) is 0 Å². The van der Waals surface area contributed by atoms with Crippen LogP contribution in [0.3, 0.4) is 0 Å². The first-order chi connectivity index (χ1) is 8.69. The molecule has 0 saturated heterocycles. The van der Waals surface area contributed by atoms with Gasteiger partial charge in [0, 0.05) is 6.07 Å². The van der Waals surface area contributed by atoms with Gasteiger partial charge in [-0.1, -0.05) is 5.16 Å². The second-order valence-corrected chi connectivity index (χ2v) is 3.35. The molecular formula is C11H12N2O5. The highest BCUT2D eigenvalue weighted by atomic mass is 16.5. The first-order valence-electron chi connectivity index (χ1n) is 5.06. The maximum Gasteiger partial charge on any atom is 0.439 e. The van der Waals surface area contributed by atoms with E-state index in [0.717, 1.165) is 0 Å². The van der Waals surface area contributed by atoms with E-state index in [4.69, 9.17) is 14.2 Å². The van der Waals surface area contributed by atoms with Crippen LogP contribution in [0.2, 0.25) is 0 Å². The summed E-state index contributed by atoms with van der Waals surface area (Å²) >= 11 is 0. The Kier molecular flexibility index (Phi) is 3.22. The third-order valence-corrected chi connectivity index (χ3v) is 2.40. The summed E-state index contributed by atoms with van der Waals surface area (Å²) in [7, 11) is 4.54. The number of ether oxygens (including phenoxy) is 3. The largest absolute Gasteiger partial charge is 0.496 e. The molecule has 1 aromatic heterocycles. The zero-order valence-corrected chi connectivity index (χ0v) is 10.1. The van der Waals surface area contributed by atoms with Gasteiger partial charge in [-0.3, -0.25) is 9.51 Å². The van der Waals surface area contributed by atoms with E-state index < -0.39 is 5.76 Å². The van der Waals surface area contributed by atoms with Gasteiger partial charge in [-0.05, 0) is 6.07 Å². The van der Waals surface area contributed by atoms with Crippen molar-refractivity contribution in [2.45, 2.75) is 0 Å². The summed E-state index contributed by atoms with van der Waals surface area (Å²) in [6, 6.07) is 3.28. The quantitative estimate of drug-likeness (QED) is 0.875. The summed E-state index contributed by atoms with van der Waals surface area (Å²) in [5.74, 6) is 1.12. The predicted octanol–water partition coefficient (Wildman–Crippen LogP) is 1.06. The first kappa shape index (κ1) is 12.0. The number of aromatic nitrogens is 2. The standard InChI is InChI=1S/C11H12N2O5/c1-15-7-5-9(17-3)8(16-2)4-6(7)10-12-11(14)18-13-10/h4-5H,1-3H3,(H,12,13,14). The van der Waals surface area contributed by atoms with E-state index in [9.17, 15) is 4.79 Å². The molecule has 0 aliphatic rings. The molecule has 2 aromatic rings.